The van der Waals surface area contributed by atoms with Crippen molar-refractivity contribution in [3.63, 3.8) is 0 Å². The highest BCUT2D eigenvalue weighted by atomic mass is 16.3. The van der Waals surface area contributed by atoms with Crippen LogP contribution in [0.1, 0.15) is 28.6 Å². The van der Waals surface area contributed by atoms with Gasteiger partial charge in [-0.15, -0.1) is 0 Å². The number of amides is 1. The summed E-state index contributed by atoms with van der Waals surface area (Å²) in [7, 11) is 0. The molecule has 0 fully saturated rings. The maximum Gasteiger partial charge on any atom is 0.230 e. The molecule has 3 aromatic rings. The Morgan fingerprint density at radius 3 is 2.45 bits per heavy atom. The Morgan fingerprint density at radius 2 is 1.72 bits per heavy atom. The molecule has 29 heavy (non-hydrogen) atoms. The predicted molar refractivity (Wildman–Crippen MR) is 116 cm³/mol. The van der Waals surface area contributed by atoms with Gasteiger partial charge in [0.15, 0.2) is 0 Å². The quantitative estimate of drug-likeness (QED) is 0.490. The van der Waals surface area contributed by atoms with Crippen LogP contribution in [0.2, 0.25) is 0 Å². The molecule has 0 bridgehead atoms. The molecule has 1 amide bonds. The molecule has 5 nitrogen and oxygen atoms in total. The number of rotatable bonds is 9. The van der Waals surface area contributed by atoms with Gasteiger partial charge in [0.1, 0.15) is 0 Å². The molecule has 0 aliphatic rings. The van der Waals surface area contributed by atoms with Crippen LogP contribution >= 0.6 is 0 Å². The largest absolute Gasteiger partial charge is 0.387 e. The van der Waals surface area contributed by atoms with Crippen LogP contribution in [0.5, 0.6) is 0 Å². The first kappa shape index (κ1) is 20.7. The lowest BCUT2D eigenvalue weighted by Crippen LogP contribution is -2.24. The summed E-state index contributed by atoms with van der Waals surface area (Å²) in [5, 5.41) is 16.4. The zero-order valence-corrected chi connectivity index (χ0v) is 16.6. The number of aliphatic hydroxyl groups excluding tert-OH is 1. The van der Waals surface area contributed by atoms with Gasteiger partial charge in [0, 0.05) is 17.9 Å². The van der Waals surface area contributed by atoms with Crippen molar-refractivity contribution in [1.29, 1.82) is 0 Å². The van der Waals surface area contributed by atoms with Crippen LogP contribution in [0.3, 0.4) is 0 Å². The van der Waals surface area contributed by atoms with Gasteiger partial charge in [-0.25, -0.2) is 0 Å². The smallest absolute Gasteiger partial charge is 0.230 e. The van der Waals surface area contributed by atoms with Crippen LogP contribution in [0.4, 0.5) is 5.69 Å². The zero-order chi connectivity index (χ0) is 20.5. The predicted octanol–water partition coefficient (Wildman–Crippen LogP) is 3.44. The van der Waals surface area contributed by atoms with Crippen molar-refractivity contribution in [2.75, 3.05) is 18.4 Å². The van der Waals surface area contributed by atoms with E-state index in [-0.39, 0.29) is 12.3 Å². The second-order valence-electron chi connectivity index (χ2n) is 7.08. The number of aromatic nitrogens is 1. The topological polar surface area (TPSA) is 74.2 Å². The van der Waals surface area contributed by atoms with Gasteiger partial charge in [-0.05, 0) is 55.3 Å². The zero-order valence-electron chi connectivity index (χ0n) is 16.6. The summed E-state index contributed by atoms with van der Waals surface area (Å²) in [6.45, 7) is 3.18. The Morgan fingerprint density at radius 1 is 1.03 bits per heavy atom. The van der Waals surface area contributed by atoms with Gasteiger partial charge in [0.2, 0.25) is 5.91 Å². The highest BCUT2D eigenvalue weighted by Gasteiger charge is 2.09. The van der Waals surface area contributed by atoms with E-state index in [0.717, 1.165) is 41.2 Å². The lowest BCUT2D eigenvalue weighted by Gasteiger charge is -2.12. The molecule has 0 radical (unpaired) electrons. The summed E-state index contributed by atoms with van der Waals surface area (Å²) in [6, 6.07) is 23.1. The van der Waals surface area contributed by atoms with E-state index in [1.165, 1.54) is 0 Å². The Kier molecular flexibility index (Phi) is 7.50. The van der Waals surface area contributed by atoms with E-state index in [2.05, 4.69) is 15.6 Å². The number of carbonyl (C=O) groups is 1. The molecule has 0 spiro atoms. The summed E-state index contributed by atoms with van der Waals surface area (Å²) in [4.78, 5) is 16.8. The van der Waals surface area contributed by atoms with Crippen LogP contribution in [0, 0.1) is 6.92 Å². The molecule has 3 N–H and O–H groups in total. The minimum absolute atomic E-state index is 0.0793. The Hall–Kier alpha value is -3.02. The highest BCUT2D eigenvalue weighted by Crippen LogP contribution is 2.12. The minimum atomic E-state index is -0.521. The fourth-order valence-electron chi connectivity index (χ4n) is 3.21. The highest BCUT2D eigenvalue weighted by molar-refractivity contribution is 5.91. The molecule has 0 saturated carbocycles. The van der Waals surface area contributed by atoms with Crippen LogP contribution < -0.4 is 10.6 Å². The number of benzene rings is 2. The first-order chi connectivity index (χ1) is 14.1. The third kappa shape index (κ3) is 6.82. The van der Waals surface area contributed by atoms with Gasteiger partial charge >= 0.3 is 0 Å². The molecule has 5 heteroatoms. The van der Waals surface area contributed by atoms with Crippen molar-refractivity contribution in [3.05, 3.63) is 95.3 Å². The van der Waals surface area contributed by atoms with Crippen LogP contribution in [0.25, 0.3) is 0 Å². The molecule has 0 unspecified atom stereocenters. The standard InChI is InChI=1S/C24H27N3O2/c1-18-14-19(12-13-25-17-23(28)20-8-4-2-5-9-20)15-22(26-18)16-24(29)27-21-10-6-3-7-11-21/h2-11,14-15,23,25,28H,12-13,16-17H2,1H3,(H,27,29)/t23-/m0/s1. The lowest BCUT2D eigenvalue weighted by atomic mass is 10.1. The summed E-state index contributed by atoms with van der Waals surface area (Å²) in [6.07, 6.45) is 0.523. The Bertz CT molecular complexity index is 914. The summed E-state index contributed by atoms with van der Waals surface area (Å²) >= 11 is 0. The van der Waals surface area contributed by atoms with Gasteiger partial charge in [0.25, 0.3) is 0 Å². The monoisotopic (exact) mass is 389 g/mol. The van der Waals surface area contributed by atoms with Crippen LogP contribution in [-0.2, 0) is 17.6 Å². The second kappa shape index (κ2) is 10.5. The van der Waals surface area contributed by atoms with Gasteiger partial charge < -0.3 is 15.7 Å². The molecule has 0 saturated heterocycles. The maximum atomic E-state index is 12.3. The van der Waals surface area contributed by atoms with E-state index >= 15 is 0 Å². The molecule has 0 aliphatic heterocycles. The number of nitrogens with zero attached hydrogens (tertiary/aromatic N) is 1. The van der Waals surface area contributed by atoms with E-state index in [9.17, 15) is 9.90 Å². The van der Waals surface area contributed by atoms with Crippen molar-refractivity contribution in [2.45, 2.75) is 25.9 Å². The Labute approximate surface area is 171 Å². The summed E-state index contributed by atoms with van der Waals surface area (Å²) in [5.74, 6) is -0.0793. The summed E-state index contributed by atoms with van der Waals surface area (Å²) < 4.78 is 0. The molecule has 0 aliphatic carbocycles. The molecular weight excluding hydrogens is 362 g/mol. The first-order valence-electron chi connectivity index (χ1n) is 9.85. The number of carbonyl (C=O) groups excluding carboxylic acids is 1. The lowest BCUT2D eigenvalue weighted by molar-refractivity contribution is -0.115. The maximum absolute atomic E-state index is 12.3. The van der Waals surface area contributed by atoms with Crippen molar-refractivity contribution in [1.82, 2.24) is 10.3 Å². The van der Waals surface area contributed by atoms with Gasteiger partial charge in [-0.3, -0.25) is 9.78 Å². The second-order valence-corrected chi connectivity index (χ2v) is 7.08. The van der Waals surface area contributed by atoms with E-state index in [4.69, 9.17) is 0 Å². The van der Waals surface area contributed by atoms with Crippen molar-refractivity contribution in [2.24, 2.45) is 0 Å². The van der Waals surface area contributed by atoms with Crippen LogP contribution in [0.15, 0.2) is 72.8 Å². The fourth-order valence-corrected chi connectivity index (χ4v) is 3.21. The molecule has 1 atom stereocenters. The number of hydrogen-bond acceptors (Lipinski definition) is 4. The molecule has 1 heterocycles. The third-order valence-electron chi connectivity index (χ3n) is 4.58. The molecular formula is C24H27N3O2. The number of aliphatic hydroxyl groups is 1. The number of aryl methyl sites for hydroxylation is 1. The van der Waals surface area contributed by atoms with Gasteiger partial charge in [-0.2, -0.15) is 0 Å². The van der Waals surface area contributed by atoms with E-state index in [1.807, 2.05) is 79.7 Å². The van der Waals surface area contributed by atoms with E-state index < -0.39 is 6.10 Å². The number of pyridine rings is 1. The summed E-state index contributed by atoms with van der Waals surface area (Å²) in [5.41, 5.74) is 4.48. The van der Waals surface area contributed by atoms with Crippen LogP contribution in [-0.4, -0.2) is 29.1 Å². The van der Waals surface area contributed by atoms with Crippen molar-refractivity contribution >= 4 is 11.6 Å². The van der Waals surface area contributed by atoms with Crippen molar-refractivity contribution < 1.29 is 9.90 Å². The number of para-hydroxylation sites is 1. The fraction of sp³-hybridized carbons (Fsp3) is 0.250. The average molecular weight is 389 g/mol. The number of anilines is 1. The van der Waals surface area contributed by atoms with Gasteiger partial charge in [0.05, 0.1) is 18.2 Å². The van der Waals surface area contributed by atoms with Crippen molar-refractivity contribution in [3.8, 4) is 0 Å². The molecule has 3 rings (SSSR count). The number of hydrogen-bond donors (Lipinski definition) is 3. The van der Waals surface area contributed by atoms with E-state index in [1.54, 1.807) is 0 Å². The minimum Gasteiger partial charge on any atom is -0.387 e. The SMILES string of the molecule is Cc1cc(CCNC[C@H](O)c2ccccc2)cc(CC(=O)Nc2ccccc2)n1. The number of nitrogens with one attached hydrogen (secondary N) is 2. The van der Waals surface area contributed by atoms with Gasteiger partial charge in [-0.1, -0.05) is 48.5 Å². The molecule has 2 aromatic carbocycles. The van der Waals surface area contributed by atoms with E-state index in [0.29, 0.717) is 6.54 Å². The first-order valence-corrected chi connectivity index (χ1v) is 9.85. The third-order valence-corrected chi connectivity index (χ3v) is 4.58. The normalized spacial score (nSPS) is 11.8. The Balaban J connectivity index is 1.49. The molecule has 150 valence electrons. The molecule has 1 aromatic heterocycles. The average Bonchev–Trinajstić information content (AvgIpc) is 2.72.